The van der Waals surface area contributed by atoms with Crippen LogP contribution in [0, 0.1) is 17.6 Å². The SMILES string of the molecule is CN(CC(O)C1CC1)C(=O)Nc1c(F)cccc1F. The van der Waals surface area contributed by atoms with E-state index >= 15 is 0 Å². The predicted octanol–water partition coefficient (Wildman–Crippen LogP) is 2.20. The number of carbonyl (C=O) groups is 1. The number of urea groups is 1. The van der Waals surface area contributed by atoms with E-state index in [9.17, 15) is 18.7 Å². The van der Waals surface area contributed by atoms with Crippen LogP contribution in [0.2, 0.25) is 0 Å². The highest BCUT2D eigenvalue weighted by Gasteiger charge is 2.31. The summed E-state index contributed by atoms with van der Waals surface area (Å²) in [6.07, 6.45) is 1.33. The molecule has 19 heavy (non-hydrogen) atoms. The van der Waals surface area contributed by atoms with Gasteiger partial charge in [0.05, 0.1) is 6.10 Å². The Morgan fingerprint density at radius 1 is 1.47 bits per heavy atom. The highest BCUT2D eigenvalue weighted by molar-refractivity contribution is 5.89. The molecule has 0 heterocycles. The molecule has 1 aliphatic carbocycles. The number of carbonyl (C=O) groups excluding carboxylic acids is 1. The van der Waals surface area contributed by atoms with Crippen LogP contribution in [0.25, 0.3) is 0 Å². The van der Waals surface area contributed by atoms with Gasteiger partial charge in [-0.15, -0.1) is 0 Å². The number of aliphatic hydroxyl groups is 1. The molecule has 0 radical (unpaired) electrons. The maximum Gasteiger partial charge on any atom is 0.321 e. The molecular formula is C13H16F2N2O2. The summed E-state index contributed by atoms with van der Waals surface area (Å²) in [5.41, 5.74) is -0.472. The monoisotopic (exact) mass is 270 g/mol. The third kappa shape index (κ3) is 3.41. The molecule has 1 aromatic rings. The molecule has 2 rings (SSSR count). The lowest BCUT2D eigenvalue weighted by Gasteiger charge is -2.21. The van der Waals surface area contributed by atoms with Crippen molar-refractivity contribution in [1.82, 2.24) is 4.90 Å². The minimum absolute atomic E-state index is 0.145. The van der Waals surface area contributed by atoms with Crippen LogP contribution in [0.3, 0.4) is 0 Å². The quantitative estimate of drug-likeness (QED) is 0.881. The maximum atomic E-state index is 13.4. The van der Waals surface area contributed by atoms with Crippen LogP contribution < -0.4 is 5.32 Å². The number of aliphatic hydroxyl groups excluding tert-OH is 1. The van der Waals surface area contributed by atoms with E-state index in [2.05, 4.69) is 5.32 Å². The summed E-state index contributed by atoms with van der Waals surface area (Å²) in [7, 11) is 1.47. The molecule has 1 aliphatic rings. The summed E-state index contributed by atoms with van der Waals surface area (Å²) >= 11 is 0. The van der Waals surface area contributed by atoms with Gasteiger partial charge in [0.25, 0.3) is 0 Å². The molecule has 104 valence electrons. The van der Waals surface area contributed by atoms with Crippen LogP contribution in [0.15, 0.2) is 18.2 Å². The summed E-state index contributed by atoms with van der Waals surface area (Å²) in [5, 5.41) is 11.9. The van der Waals surface area contributed by atoms with E-state index in [0.717, 1.165) is 25.0 Å². The van der Waals surface area contributed by atoms with Crippen molar-refractivity contribution in [3.05, 3.63) is 29.8 Å². The average Bonchev–Trinajstić information content (AvgIpc) is 3.17. The van der Waals surface area contributed by atoms with Crippen molar-refractivity contribution in [2.45, 2.75) is 18.9 Å². The number of likely N-dealkylation sites (N-methyl/N-ethyl adjacent to an activating group) is 1. The van der Waals surface area contributed by atoms with Crippen molar-refractivity contribution in [1.29, 1.82) is 0 Å². The van der Waals surface area contributed by atoms with Gasteiger partial charge in [0.15, 0.2) is 0 Å². The van der Waals surface area contributed by atoms with Crippen LogP contribution in [0.1, 0.15) is 12.8 Å². The standard InChI is InChI=1S/C13H16F2N2O2/c1-17(7-11(18)8-5-6-8)13(19)16-12-9(14)3-2-4-10(12)15/h2-4,8,11,18H,5-7H2,1H3,(H,16,19). The van der Waals surface area contributed by atoms with Crippen molar-refractivity contribution >= 4 is 11.7 Å². The molecule has 1 saturated carbocycles. The number of amides is 2. The molecule has 1 aromatic carbocycles. The largest absolute Gasteiger partial charge is 0.391 e. The summed E-state index contributed by atoms with van der Waals surface area (Å²) in [6.45, 7) is 0.145. The fourth-order valence-electron chi connectivity index (χ4n) is 1.81. The van der Waals surface area contributed by atoms with E-state index in [1.807, 2.05) is 0 Å². The summed E-state index contributed by atoms with van der Waals surface area (Å²) in [4.78, 5) is 13.0. The first kappa shape index (κ1) is 13.7. The molecule has 0 aliphatic heterocycles. The molecule has 0 saturated heterocycles. The van der Waals surface area contributed by atoms with Crippen LogP contribution in [0.4, 0.5) is 19.3 Å². The minimum Gasteiger partial charge on any atom is -0.391 e. The van der Waals surface area contributed by atoms with Crippen LogP contribution in [-0.4, -0.2) is 35.7 Å². The van der Waals surface area contributed by atoms with Crippen LogP contribution in [-0.2, 0) is 0 Å². The molecule has 2 N–H and O–H groups in total. The number of benzene rings is 1. The summed E-state index contributed by atoms with van der Waals surface area (Å²) < 4.78 is 26.7. The van der Waals surface area contributed by atoms with Crippen LogP contribution in [0.5, 0.6) is 0 Å². The molecule has 0 bridgehead atoms. The maximum absolute atomic E-state index is 13.4. The Balaban J connectivity index is 1.96. The first-order chi connectivity index (χ1) is 8.99. The van der Waals surface area contributed by atoms with Gasteiger partial charge >= 0.3 is 6.03 Å². The van der Waals surface area contributed by atoms with Gasteiger partial charge in [0.2, 0.25) is 0 Å². The fraction of sp³-hybridized carbons (Fsp3) is 0.462. The van der Waals surface area contributed by atoms with Gasteiger partial charge in [-0.1, -0.05) is 6.07 Å². The Hall–Kier alpha value is -1.69. The second kappa shape index (κ2) is 5.52. The summed E-state index contributed by atoms with van der Waals surface area (Å²) in [6, 6.07) is 2.71. The predicted molar refractivity (Wildman–Crippen MR) is 66.7 cm³/mol. The van der Waals surface area contributed by atoms with E-state index in [1.54, 1.807) is 0 Å². The Labute approximate surface area is 110 Å². The van der Waals surface area contributed by atoms with Gasteiger partial charge in [-0.05, 0) is 30.9 Å². The second-order valence-corrected chi connectivity index (χ2v) is 4.81. The number of nitrogens with zero attached hydrogens (tertiary/aromatic N) is 1. The van der Waals surface area contributed by atoms with Gasteiger partial charge in [-0.25, -0.2) is 13.6 Å². The van der Waals surface area contributed by atoms with E-state index in [-0.39, 0.29) is 12.5 Å². The van der Waals surface area contributed by atoms with Gasteiger partial charge < -0.3 is 15.3 Å². The third-order valence-corrected chi connectivity index (χ3v) is 3.17. The average molecular weight is 270 g/mol. The Bertz CT molecular complexity index is 457. The van der Waals surface area contributed by atoms with Crippen LogP contribution >= 0.6 is 0 Å². The number of hydrogen-bond donors (Lipinski definition) is 2. The van der Waals surface area contributed by atoms with Crippen molar-refractivity contribution in [3.8, 4) is 0 Å². The lowest BCUT2D eigenvalue weighted by molar-refractivity contribution is 0.117. The lowest BCUT2D eigenvalue weighted by Crippen LogP contribution is -2.38. The zero-order chi connectivity index (χ0) is 14.0. The van der Waals surface area contributed by atoms with E-state index in [4.69, 9.17) is 0 Å². The van der Waals surface area contributed by atoms with Gasteiger partial charge in [0, 0.05) is 13.6 Å². The minimum atomic E-state index is -0.829. The highest BCUT2D eigenvalue weighted by atomic mass is 19.1. The zero-order valence-electron chi connectivity index (χ0n) is 10.6. The topological polar surface area (TPSA) is 52.6 Å². The summed E-state index contributed by atoms with van der Waals surface area (Å²) in [5.74, 6) is -1.42. The normalized spacial score (nSPS) is 16.0. The van der Waals surface area contributed by atoms with E-state index in [0.29, 0.717) is 0 Å². The molecule has 1 fully saturated rings. The first-order valence-corrected chi connectivity index (χ1v) is 6.13. The third-order valence-electron chi connectivity index (χ3n) is 3.17. The van der Waals surface area contributed by atoms with E-state index in [1.165, 1.54) is 18.0 Å². The number of para-hydroxylation sites is 1. The Morgan fingerprint density at radius 3 is 2.58 bits per heavy atom. The molecule has 0 spiro atoms. The van der Waals surface area contributed by atoms with Gasteiger partial charge in [-0.2, -0.15) is 0 Å². The van der Waals surface area contributed by atoms with Crippen molar-refractivity contribution < 1.29 is 18.7 Å². The zero-order valence-corrected chi connectivity index (χ0v) is 10.6. The van der Waals surface area contributed by atoms with Crippen molar-refractivity contribution in [3.63, 3.8) is 0 Å². The number of rotatable bonds is 4. The fourth-order valence-corrected chi connectivity index (χ4v) is 1.81. The number of hydrogen-bond acceptors (Lipinski definition) is 2. The second-order valence-electron chi connectivity index (χ2n) is 4.81. The van der Waals surface area contributed by atoms with Gasteiger partial charge in [0.1, 0.15) is 17.3 Å². The lowest BCUT2D eigenvalue weighted by atomic mass is 10.2. The number of anilines is 1. The highest BCUT2D eigenvalue weighted by Crippen LogP contribution is 2.32. The number of halogens is 2. The molecule has 2 amide bonds. The molecule has 4 nitrogen and oxygen atoms in total. The van der Waals surface area contributed by atoms with E-state index < -0.39 is 29.5 Å². The smallest absolute Gasteiger partial charge is 0.321 e. The number of nitrogens with one attached hydrogen (secondary N) is 1. The first-order valence-electron chi connectivity index (χ1n) is 6.13. The van der Waals surface area contributed by atoms with Crippen molar-refractivity contribution in [2.24, 2.45) is 5.92 Å². The molecule has 1 atom stereocenters. The Kier molecular flexibility index (Phi) is 3.99. The molecule has 6 heteroatoms. The van der Waals surface area contributed by atoms with Crippen molar-refractivity contribution in [2.75, 3.05) is 18.9 Å². The van der Waals surface area contributed by atoms with Gasteiger partial charge in [-0.3, -0.25) is 0 Å². The molecule has 0 aromatic heterocycles. The Morgan fingerprint density at radius 2 is 2.05 bits per heavy atom. The molecule has 1 unspecified atom stereocenters. The molecular weight excluding hydrogens is 254 g/mol.